The van der Waals surface area contributed by atoms with E-state index in [0.717, 1.165) is 6.42 Å². The molecule has 1 aliphatic carbocycles. The second-order valence-electron chi connectivity index (χ2n) is 7.62. The Hall–Kier alpha value is -1.93. The van der Waals surface area contributed by atoms with E-state index >= 15 is 0 Å². The van der Waals surface area contributed by atoms with Crippen molar-refractivity contribution in [3.05, 3.63) is 71.8 Å². The lowest BCUT2D eigenvalue weighted by Crippen LogP contribution is -2.11. The van der Waals surface area contributed by atoms with Gasteiger partial charge in [0.15, 0.2) is 0 Å². The summed E-state index contributed by atoms with van der Waals surface area (Å²) in [5, 5.41) is 0. The Morgan fingerprint density at radius 3 is 2.15 bits per heavy atom. The van der Waals surface area contributed by atoms with Gasteiger partial charge in [-0.1, -0.05) is 60.7 Å². The van der Waals surface area contributed by atoms with E-state index in [1.165, 1.54) is 47.9 Å². The number of allylic oxidation sites excluding steroid dienone is 2. The lowest BCUT2D eigenvalue weighted by atomic mass is 9.78. The molecule has 1 fully saturated rings. The summed E-state index contributed by atoms with van der Waals surface area (Å²) in [6, 6.07) is 17.7. The highest BCUT2D eigenvalue weighted by Gasteiger charge is 2.20. The standard InChI is InChI=1S/C25H31FO/c1-27-19-21-8-12-23(13-9-21)25-16-14-24(15-17-25)22-10-6-20(7-11-22)5-3-2-4-18-26/h3,5,8-9,12-17,20,22H,2,4,6-7,10-11,18-19H2,1H3/t20-,22-. The van der Waals surface area contributed by atoms with Crippen LogP contribution in [0.2, 0.25) is 0 Å². The zero-order valence-corrected chi connectivity index (χ0v) is 16.4. The molecular weight excluding hydrogens is 335 g/mol. The van der Waals surface area contributed by atoms with Crippen LogP contribution in [0.4, 0.5) is 4.39 Å². The lowest BCUT2D eigenvalue weighted by Gasteiger charge is -2.27. The highest BCUT2D eigenvalue weighted by molar-refractivity contribution is 5.64. The summed E-state index contributed by atoms with van der Waals surface area (Å²) in [6.07, 6.45) is 11.0. The Morgan fingerprint density at radius 1 is 0.926 bits per heavy atom. The Bertz CT molecular complexity index is 694. The number of ether oxygens (including phenoxy) is 1. The molecule has 1 aliphatic rings. The first-order valence-corrected chi connectivity index (χ1v) is 10.2. The smallest absolute Gasteiger partial charge is 0.0897 e. The van der Waals surface area contributed by atoms with E-state index in [4.69, 9.17) is 4.74 Å². The minimum atomic E-state index is -0.204. The molecule has 0 bridgehead atoms. The maximum Gasteiger partial charge on any atom is 0.0897 e. The molecule has 0 N–H and O–H groups in total. The van der Waals surface area contributed by atoms with Gasteiger partial charge in [0, 0.05) is 7.11 Å². The number of hydrogen-bond donors (Lipinski definition) is 0. The van der Waals surface area contributed by atoms with Gasteiger partial charge in [-0.2, -0.15) is 0 Å². The van der Waals surface area contributed by atoms with E-state index in [-0.39, 0.29) is 6.67 Å². The maximum atomic E-state index is 12.1. The van der Waals surface area contributed by atoms with Crippen LogP contribution >= 0.6 is 0 Å². The topological polar surface area (TPSA) is 9.23 Å². The van der Waals surface area contributed by atoms with Crippen LogP contribution in [-0.4, -0.2) is 13.8 Å². The van der Waals surface area contributed by atoms with E-state index < -0.39 is 0 Å². The van der Waals surface area contributed by atoms with Gasteiger partial charge < -0.3 is 4.74 Å². The molecule has 27 heavy (non-hydrogen) atoms. The van der Waals surface area contributed by atoms with Crippen LogP contribution in [0.3, 0.4) is 0 Å². The summed E-state index contributed by atoms with van der Waals surface area (Å²) < 4.78 is 17.3. The normalized spacial score (nSPS) is 20.2. The van der Waals surface area contributed by atoms with E-state index in [0.29, 0.717) is 24.9 Å². The molecular formula is C25H31FO. The summed E-state index contributed by atoms with van der Waals surface area (Å²) in [5.74, 6) is 1.37. The van der Waals surface area contributed by atoms with Crippen molar-refractivity contribution in [3.63, 3.8) is 0 Å². The van der Waals surface area contributed by atoms with Gasteiger partial charge in [-0.15, -0.1) is 0 Å². The first kappa shape index (κ1) is 19.8. The Balaban J connectivity index is 1.54. The summed E-state index contributed by atoms with van der Waals surface area (Å²) in [7, 11) is 1.73. The van der Waals surface area contributed by atoms with Gasteiger partial charge in [-0.3, -0.25) is 4.39 Å². The molecule has 0 amide bonds. The minimum Gasteiger partial charge on any atom is -0.380 e. The fraction of sp³-hybridized carbons (Fsp3) is 0.440. The number of benzene rings is 2. The largest absolute Gasteiger partial charge is 0.380 e. The molecule has 0 saturated heterocycles. The highest BCUT2D eigenvalue weighted by Crippen LogP contribution is 2.37. The number of methoxy groups -OCH3 is 1. The Morgan fingerprint density at radius 2 is 1.56 bits per heavy atom. The van der Waals surface area contributed by atoms with Crippen LogP contribution in [-0.2, 0) is 11.3 Å². The molecule has 2 heteroatoms. The van der Waals surface area contributed by atoms with Crippen LogP contribution in [0.5, 0.6) is 0 Å². The number of rotatable bonds is 8. The molecule has 144 valence electrons. The predicted molar refractivity (Wildman–Crippen MR) is 112 cm³/mol. The van der Waals surface area contributed by atoms with Crippen molar-refractivity contribution >= 4 is 0 Å². The molecule has 2 aromatic rings. The fourth-order valence-electron chi connectivity index (χ4n) is 4.04. The molecule has 1 saturated carbocycles. The zero-order chi connectivity index (χ0) is 18.9. The van der Waals surface area contributed by atoms with Crippen molar-refractivity contribution in [1.29, 1.82) is 0 Å². The van der Waals surface area contributed by atoms with Crippen molar-refractivity contribution in [3.8, 4) is 11.1 Å². The molecule has 0 atom stereocenters. The van der Waals surface area contributed by atoms with Gasteiger partial charge in [-0.25, -0.2) is 0 Å². The lowest BCUT2D eigenvalue weighted by molar-refractivity contribution is 0.185. The molecule has 0 heterocycles. The zero-order valence-electron chi connectivity index (χ0n) is 16.4. The highest BCUT2D eigenvalue weighted by atomic mass is 19.1. The summed E-state index contributed by atoms with van der Waals surface area (Å²) in [4.78, 5) is 0. The molecule has 1 nitrogen and oxygen atoms in total. The second-order valence-corrected chi connectivity index (χ2v) is 7.62. The van der Waals surface area contributed by atoms with Crippen molar-refractivity contribution in [1.82, 2.24) is 0 Å². The van der Waals surface area contributed by atoms with Crippen molar-refractivity contribution in [2.24, 2.45) is 5.92 Å². The summed E-state index contributed by atoms with van der Waals surface area (Å²) in [6.45, 7) is 0.456. The molecule has 2 aromatic carbocycles. The number of hydrogen-bond acceptors (Lipinski definition) is 1. The monoisotopic (exact) mass is 366 g/mol. The minimum absolute atomic E-state index is 0.204. The SMILES string of the molecule is COCc1ccc(-c2ccc([C@H]3CC[C@H](C=CCCCF)CC3)cc2)cc1. The predicted octanol–water partition coefficient (Wildman–Crippen LogP) is 7.08. The summed E-state index contributed by atoms with van der Waals surface area (Å²) in [5.41, 5.74) is 5.19. The van der Waals surface area contributed by atoms with Crippen LogP contribution in [0.15, 0.2) is 60.7 Å². The van der Waals surface area contributed by atoms with Gasteiger partial charge in [-0.05, 0) is 72.6 Å². The Kier molecular flexibility index (Phi) is 7.65. The van der Waals surface area contributed by atoms with E-state index in [2.05, 4.69) is 60.7 Å². The van der Waals surface area contributed by atoms with Crippen molar-refractivity contribution in [2.45, 2.75) is 51.0 Å². The number of unbranched alkanes of at least 4 members (excludes halogenated alkanes) is 1. The van der Waals surface area contributed by atoms with Crippen molar-refractivity contribution in [2.75, 3.05) is 13.8 Å². The fourth-order valence-corrected chi connectivity index (χ4v) is 4.04. The van der Waals surface area contributed by atoms with Gasteiger partial charge >= 0.3 is 0 Å². The first-order valence-electron chi connectivity index (χ1n) is 10.2. The van der Waals surface area contributed by atoms with Gasteiger partial charge in [0.25, 0.3) is 0 Å². The molecule has 0 unspecified atom stereocenters. The third kappa shape index (κ3) is 5.77. The van der Waals surface area contributed by atoms with Gasteiger partial charge in [0.2, 0.25) is 0 Å². The third-order valence-electron chi connectivity index (χ3n) is 5.66. The van der Waals surface area contributed by atoms with Gasteiger partial charge in [0.1, 0.15) is 0 Å². The second kappa shape index (κ2) is 10.4. The number of halogens is 1. The van der Waals surface area contributed by atoms with Crippen LogP contribution in [0.25, 0.3) is 11.1 Å². The molecule has 0 radical (unpaired) electrons. The number of alkyl halides is 1. The molecule has 0 aliphatic heterocycles. The Labute approximate surface area is 163 Å². The molecule has 3 rings (SSSR count). The van der Waals surface area contributed by atoms with Crippen LogP contribution < -0.4 is 0 Å². The maximum absolute atomic E-state index is 12.1. The van der Waals surface area contributed by atoms with E-state index in [9.17, 15) is 4.39 Å². The third-order valence-corrected chi connectivity index (χ3v) is 5.66. The van der Waals surface area contributed by atoms with Crippen LogP contribution in [0.1, 0.15) is 55.6 Å². The quantitative estimate of drug-likeness (QED) is 0.358. The molecule has 0 spiro atoms. The van der Waals surface area contributed by atoms with E-state index in [1.807, 2.05) is 0 Å². The average Bonchev–Trinajstić information content (AvgIpc) is 2.73. The van der Waals surface area contributed by atoms with Gasteiger partial charge in [0.05, 0.1) is 13.3 Å². The van der Waals surface area contributed by atoms with E-state index in [1.54, 1.807) is 7.11 Å². The average molecular weight is 367 g/mol. The summed E-state index contributed by atoms with van der Waals surface area (Å²) >= 11 is 0. The van der Waals surface area contributed by atoms with Crippen LogP contribution in [0, 0.1) is 5.92 Å². The van der Waals surface area contributed by atoms with Crippen molar-refractivity contribution < 1.29 is 9.13 Å². The molecule has 0 aromatic heterocycles. The first-order chi connectivity index (χ1) is 13.3.